The molecule has 0 aliphatic carbocycles. The molecule has 3 heterocycles. The van der Waals surface area contributed by atoms with Crippen LogP contribution in [0, 0.1) is 23.7 Å². The molecule has 2 fully saturated rings. The first-order valence-electron chi connectivity index (χ1n) is 19.6. The number of nitrogens with one attached hydrogen (secondary N) is 1. The molecule has 3 amide bonds. The number of morpholine rings is 1. The van der Waals surface area contributed by atoms with E-state index in [2.05, 4.69) is 17.2 Å². The fraction of sp³-hybridized carbons (Fsp3) is 0.326. The number of anilines is 1. The second-order valence-corrected chi connectivity index (χ2v) is 15.1. The molecule has 0 saturated carbocycles. The number of ether oxygens (including phenoxy) is 3. The van der Waals surface area contributed by atoms with Crippen molar-refractivity contribution >= 4 is 35.5 Å². The van der Waals surface area contributed by atoms with Crippen molar-refractivity contribution in [3.8, 4) is 17.6 Å². The number of nitrogens with zero attached hydrogens (tertiary/aromatic N) is 2. The Labute approximate surface area is 346 Å². The summed E-state index contributed by atoms with van der Waals surface area (Å²) in [6, 6.07) is 23.3. The zero-order valence-corrected chi connectivity index (χ0v) is 33.2. The summed E-state index contributed by atoms with van der Waals surface area (Å²) in [7, 11) is 1.17. The van der Waals surface area contributed by atoms with Crippen molar-refractivity contribution < 1.29 is 53.5 Å². The molecule has 0 radical (unpaired) electrons. The van der Waals surface area contributed by atoms with Gasteiger partial charge in [0.1, 0.15) is 41.9 Å². The number of fused-ring (bicyclic) bond motifs is 3. The molecule has 310 valence electrons. The highest BCUT2D eigenvalue weighted by atomic mass is 16.6. The molecular weight excluding hydrogens is 771 g/mol. The van der Waals surface area contributed by atoms with E-state index >= 15 is 4.79 Å². The minimum absolute atomic E-state index is 0.00618. The van der Waals surface area contributed by atoms with Gasteiger partial charge in [0.25, 0.3) is 0 Å². The summed E-state index contributed by atoms with van der Waals surface area (Å²) in [6.07, 6.45) is -0.884. The Hall–Kier alpha value is -6.53. The monoisotopic (exact) mass is 815 g/mol. The first-order valence-corrected chi connectivity index (χ1v) is 19.6. The minimum atomic E-state index is -2.28. The molecule has 7 unspecified atom stereocenters. The maximum Gasteiger partial charge on any atom is 0.329 e. The number of carbonyl (C=O) groups excluding carboxylic acids is 4. The van der Waals surface area contributed by atoms with Gasteiger partial charge >= 0.3 is 23.9 Å². The molecule has 4 aromatic rings. The Balaban J connectivity index is 1.58. The van der Waals surface area contributed by atoms with Gasteiger partial charge in [-0.05, 0) is 46.9 Å². The van der Waals surface area contributed by atoms with E-state index in [0.29, 0.717) is 22.3 Å². The highest BCUT2D eigenvalue weighted by molar-refractivity contribution is 6.24. The van der Waals surface area contributed by atoms with Gasteiger partial charge in [0, 0.05) is 17.5 Å². The van der Waals surface area contributed by atoms with Crippen LogP contribution in [-0.4, -0.2) is 89.1 Å². The van der Waals surface area contributed by atoms with Gasteiger partial charge in [-0.1, -0.05) is 105 Å². The minimum Gasteiger partial charge on any atom is -0.491 e. The predicted octanol–water partition coefficient (Wildman–Crippen LogP) is 4.45. The lowest BCUT2D eigenvalue weighted by molar-refractivity contribution is -0.179. The van der Waals surface area contributed by atoms with Gasteiger partial charge in [-0.3, -0.25) is 19.3 Å². The molecule has 14 nitrogen and oxygen atoms in total. The number of hydrogen-bond donors (Lipinski definition) is 4. The molecule has 0 aromatic heterocycles. The number of aliphatic carboxylic acids is 1. The van der Waals surface area contributed by atoms with Crippen molar-refractivity contribution in [3.63, 3.8) is 0 Å². The number of cyclic esters (lactones) is 1. The number of carbonyl (C=O) groups is 5. The van der Waals surface area contributed by atoms with E-state index in [4.69, 9.17) is 14.2 Å². The van der Waals surface area contributed by atoms with Gasteiger partial charge in [0.2, 0.25) is 5.91 Å². The normalized spacial score (nSPS) is 23.6. The Kier molecular flexibility index (Phi) is 12.0. The number of aliphatic hydroxyl groups excluding tert-OH is 2. The first-order chi connectivity index (χ1) is 29.0. The maximum atomic E-state index is 16.0. The number of amides is 3. The van der Waals surface area contributed by atoms with Gasteiger partial charge in [-0.15, -0.1) is 0 Å². The number of hydrogen-bond acceptors (Lipinski definition) is 11. The van der Waals surface area contributed by atoms with Crippen molar-refractivity contribution in [3.05, 3.63) is 131 Å². The number of rotatable bonds is 11. The Bertz CT molecular complexity index is 2340. The van der Waals surface area contributed by atoms with Crippen LogP contribution < -0.4 is 15.0 Å². The summed E-state index contributed by atoms with van der Waals surface area (Å²) < 4.78 is 17.4. The third-order valence-electron chi connectivity index (χ3n) is 11.4. The van der Waals surface area contributed by atoms with Crippen LogP contribution in [0.4, 0.5) is 10.5 Å². The van der Waals surface area contributed by atoms with E-state index in [1.165, 1.54) is 13.2 Å². The summed E-state index contributed by atoms with van der Waals surface area (Å²) in [6.45, 7) is 2.63. The number of urea groups is 1. The molecule has 0 bridgehead atoms. The topological polar surface area (TPSA) is 192 Å². The van der Waals surface area contributed by atoms with Gasteiger partial charge in [-0.2, -0.15) is 0 Å². The van der Waals surface area contributed by atoms with Crippen LogP contribution in [0.1, 0.15) is 66.3 Å². The van der Waals surface area contributed by atoms with Crippen LogP contribution in [0.5, 0.6) is 5.75 Å². The molecule has 4 aromatic carbocycles. The SMILES string of the molecule is COC(=O)C(NC(=O)N1C(=O)C2(c3cc(C#CCCO)ccc31)C(C(=O)O)C1C(=O)OC(c3ccccc3)C(c3ccccc3)N1C2c1ccccc1OCCO)C(C)C. The lowest BCUT2D eigenvalue weighted by Crippen LogP contribution is -2.56. The molecule has 14 heteroatoms. The molecule has 3 aliphatic rings. The summed E-state index contributed by atoms with van der Waals surface area (Å²) in [5, 5.41) is 33.6. The second-order valence-electron chi connectivity index (χ2n) is 15.1. The zero-order valence-electron chi connectivity index (χ0n) is 33.2. The van der Waals surface area contributed by atoms with Crippen LogP contribution in [0.2, 0.25) is 0 Å². The Morgan fingerprint density at radius 2 is 1.55 bits per heavy atom. The number of esters is 2. The fourth-order valence-corrected chi connectivity index (χ4v) is 8.97. The molecule has 7 rings (SSSR count). The first kappa shape index (κ1) is 41.6. The smallest absolute Gasteiger partial charge is 0.329 e. The standard InChI is InChI=1S/C46H45N3O11/c1-27(2)36(42(54)58-3)47-45(57)48-33-22-21-28(14-12-13-23-50)26-32(33)46(44(48)56)35(41(52)53)38-43(55)60-39(30-17-8-5-9-18-30)37(29-15-6-4-7-16-29)49(38)40(46)31-19-10-11-20-34(31)59-25-24-51/h4-11,15-22,26-27,35-40,50-51H,13,23-25H2,1-3H3,(H,47,57)(H,52,53). The van der Waals surface area contributed by atoms with Crippen molar-refractivity contribution in [1.82, 2.24) is 10.2 Å². The summed E-state index contributed by atoms with van der Waals surface area (Å²) in [5.74, 6) is -0.496. The molecule has 4 N–H and O–H groups in total. The van der Waals surface area contributed by atoms with E-state index in [1.807, 2.05) is 36.4 Å². The fourth-order valence-electron chi connectivity index (χ4n) is 8.97. The van der Waals surface area contributed by atoms with E-state index < -0.39 is 77.4 Å². The van der Waals surface area contributed by atoms with E-state index in [-0.39, 0.29) is 43.2 Å². The third kappa shape index (κ3) is 7.04. The van der Waals surface area contributed by atoms with Crippen LogP contribution in [0.3, 0.4) is 0 Å². The molecule has 2 saturated heterocycles. The van der Waals surface area contributed by atoms with E-state index in [9.17, 15) is 34.5 Å². The second kappa shape index (κ2) is 17.4. The highest BCUT2D eigenvalue weighted by Crippen LogP contribution is 2.66. The maximum absolute atomic E-state index is 16.0. The molecule has 7 atom stereocenters. The van der Waals surface area contributed by atoms with Crippen LogP contribution >= 0.6 is 0 Å². The van der Waals surface area contributed by atoms with E-state index in [0.717, 1.165) is 4.90 Å². The molecule has 60 heavy (non-hydrogen) atoms. The van der Waals surface area contributed by atoms with Crippen molar-refractivity contribution in [1.29, 1.82) is 0 Å². The zero-order chi connectivity index (χ0) is 42.7. The lowest BCUT2D eigenvalue weighted by Gasteiger charge is -2.46. The molecule has 1 spiro atoms. The average molecular weight is 816 g/mol. The quantitative estimate of drug-likeness (QED) is 0.123. The van der Waals surface area contributed by atoms with Gasteiger partial charge in [0.15, 0.2) is 0 Å². The van der Waals surface area contributed by atoms with Crippen LogP contribution in [0.15, 0.2) is 103 Å². The van der Waals surface area contributed by atoms with Crippen LogP contribution in [-0.2, 0) is 34.1 Å². The number of aliphatic hydroxyl groups is 2. The third-order valence-corrected chi connectivity index (χ3v) is 11.4. The number of carboxylic acid groups (broad SMARTS) is 1. The summed E-state index contributed by atoms with van der Waals surface area (Å²) in [5.41, 5.74) is -0.303. The van der Waals surface area contributed by atoms with E-state index in [1.54, 1.807) is 79.4 Å². The van der Waals surface area contributed by atoms with Gasteiger partial charge < -0.3 is 34.8 Å². The number of methoxy groups -OCH3 is 1. The average Bonchev–Trinajstić information content (AvgIpc) is 3.71. The number of carboxylic acids is 1. The highest BCUT2D eigenvalue weighted by Gasteiger charge is 2.76. The van der Waals surface area contributed by atoms with Gasteiger partial charge in [-0.25, -0.2) is 14.5 Å². The largest absolute Gasteiger partial charge is 0.491 e. The summed E-state index contributed by atoms with van der Waals surface area (Å²) >= 11 is 0. The van der Waals surface area contributed by atoms with Crippen molar-refractivity contribution in [2.75, 3.05) is 31.8 Å². The number of benzene rings is 4. The lowest BCUT2D eigenvalue weighted by atomic mass is 9.65. The number of para-hydroxylation sites is 1. The summed E-state index contributed by atoms with van der Waals surface area (Å²) in [4.78, 5) is 75.2. The van der Waals surface area contributed by atoms with Crippen LogP contribution in [0.25, 0.3) is 0 Å². The Morgan fingerprint density at radius 3 is 2.18 bits per heavy atom. The van der Waals surface area contributed by atoms with Crippen molar-refractivity contribution in [2.45, 2.75) is 56.0 Å². The van der Waals surface area contributed by atoms with Crippen molar-refractivity contribution in [2.24, 2.45) is 11.8 Å². The van der Waals surface area contributed by atoms with Gasteiger partial charge in [0.05, 0.1) is 38.1 Å². The number of imide groups is 1. The molecule has 3 aliphatic heterocycles. The predicted molar refractivity (Wildman–Crippen MR) is 216 cm³/mol. The molecular formula is C46H45N3O11. The Morgan fingerprint density at radius 1 is 0.883 bits per heavy atom.